The van der Waals surface area contributed by atoms with Crippen LogP contribution < -0.4 is 4.74 Å². The lowest BCUT2D eigenvalue weighted by Gasteiger charge is -2.02. The molecule has 1 radical (unpaired) electrons. The molecule has 11 heavy (non-hydrogen) atoms. The molecular weight excluding hydrogens is 136 g/mol. The molecule has 0 atom stereocenters. The van der Waals surface area contributed by atoms with Crippen molar-refractivity contribution < 1.29 is 4.74 Å². The number of hydrogen-bond donors (Lipinski definition) is 0. The van der Waals surface area contributed by atoms with Crippen LogP contribution in [-0.2, 0) is 6.42 Å². The van der Waals surface area contributed by atoms with Gasteiger partial charge in [0.25, 0.3) is 0 Å². The first-order valence-electron chi connectivity index (χ1n) is 3.87. The zero-order valence-corrected chi connectivity index (χ0v) is 6.84. The van der Waals surface area contributed by atoms with Crippen LogP contribution in [0.25, 0.3) is 0 Å². The maximum atomic E-state index is 5.19. The highest BCUT2D eigenvalue weighted by atomic mass is 16.5. The van der Waals surface area contributed by atoms with Gasteiger partial charge in [-0.25, -0.2) is 0 Å². The van der Waals surface area contributed by atoms with E-state index in [4.69, 9.17) is 4.74 Å². The molecule has 0 N–H and O–H groups in total. The van der Waals surface area contributed by atoms with Gasteiger partial charge in [-0.3, -0.25) is 0 Å². The Labute approximate surface area is 68.0 Å². The SMILES string of the molecule is [CH2]COc1ccc(CC)cc1. The fourth-order valence-electron chi connectivity index (χ4n) is 0.939. The highest BCUT2D eigenvalue weighted by Gasteiger charge is 1.90. The first-order chi connectivity index (χ1) is 5.36. The van der Waals surface area contributed by atoms with Crippen molar-refractivity contribution in [1.82, 2.24) is 0 Å². The minimum Gasteiger partial charge on any atom is -0.494 e. The molecule has 1 rings (SSSR count). The molecule has 0 aromatic heterocycles. The van der Waals surface area contributed by atoms with Crippen LogP contribution in [-0.4, -0.2) is 6.61 Å². The highest BCUT2D eigenvalue weighted by molar-refractivity contribution is 5.27. The van der Waals surface area contributed by atoms with E-state index in [1.165, 1.54) is 5.56 Å². The van der Waals surface area contributed by atoms with Crippen molar-refractivity contribution >= 4 is 0 Å². The molecule has 0 spiro atoms. The third kappa shape index (κ3) is 2.26. The predicted octanol–water partition coefficient (Wildman–Crippen LogP) is 2.46. The van der Waals surface area contributed by atoms with Crippen molar-refractivity contribution in [3.63, 3.8) is 0 Å². The van der Waals surface area contributed by atoms with Crippen LogP contribution in [0.4, 0.5) is 0 Å². The number of ether oxygens (including phenoxy) is 1. The summed E-state index contributed by atoms with van der Waals surface area (Å²) in [6.45, 7) is 6.23. The standard InChI is InChI=1S/C10H13O/c1-3-9-5-7-10(8-6-9)11-4-2/h5-8H,2-4H2,1H3. The molecule has 0 heterocycles. The van der Waals surface area contributed by atoms with Gasteiger partial charge in [0.2, 0.25) is 0 Å². The van der Waals surface area contributed by atoms with E-state index in [2.05, 4.69) is 26.0 Å². The molecule has 0 bridgehead atoms. The number of aryl methyl sites for hydroxylation is 1. The van der Waals surface area contributed by atoms with E-state index in [1.807, 2.05) is 12.1 Å². The third-order valence-corrected chi connectivity index (χ3v) is 1.60. The van der Waals surface area contributed by atoms with E-state index in [0.717, 1.165) is 12.2 Å². The average molecular weight is 149 g/mol. The number of benzene rings is 1. The zero-order chi connectivity index (χ0) is 8.10. The molecule has 0 saturated heterocycles. The Balaban J connectivity index is 2.66. The third-order valence-electron chi connectivity index (χ3n) is 1.60. The van der Waals surface area contributed by atoms with Gasteiger partial charge in [0.1, 0.15) is 5.75 Å². The monoisotopic (exact) mass is 149 g/mol. The second-order valence-electron chi connectivity index (χ2n) is 2.35. The lowest BCUT2D eigenvalue weighted by Crippen LogP contribution is -1.91. The van der Waals surface area contributed by atoms with E-state index in [-0.39, 0.29) is 0 Å². The normalized spacial score (nSPS) is 9.64. The minimum absolute atomic E-state index is 0.492. The van der Waals surface area contributed by atoms with Gasteiger partial charge in [-0.05, 0) is 31.0 Å². The summed E-state index contributed by atoms with van der Waals surface area (Å²) < 4.78 is 5.19. The van der Waals surface area contributed by atoms with Crippen LogP contribution in [0.15, 0.2) is 24.3 Å². The molecular formula is C10H13O. The van der Waals surface area contributed by atoms with Crippen LogP contribution in [0.2, 0.25) is 0 Å². The smallest absolute Gasteiger partial charge is 0.119 e. The van der Waals surface area contributed by atoms with Gasteiger partial charge >= 0.3 is 0 Å². The Morgan fingerprint density at radius 1 is 1.27 bits per heavy atom. The topological polar surface area (TPSA) is 9.23 Å². The molecule has 0 fully saturated rings. The number of hydrogen-bond acceptors (Lipinski definition) is 1. The summed E-state index contributed by atoms with van der Waals surface area (Å²) in [6.07, 6.45) is 1.07. The van der Waals surface area contributed by atoms with Gasteiger partial charge in [-0.2, -0.15) is 0 Å². The maximum Gasteiger partial charge on any atom is 0.119 e. The van der Waals surface area contributed by atoms with Crippen LogP contribution in [0.5, 0.6) is 5.75 Å². The van der Waals surface area contributed by atoms with E-state index in [0.29, 0.717) is 6.61 Å². The molecule has 0 amide bonds. The highest BCUT2D eigenvalue weighted by Crippen LogP contribution is 2.11. The zero-order valence-electron chi connectivity index (χ0n) is 6.84. The number of rotatable bonds is 3. The average Bonchev–Trinajstić information content (AvgIpc) is 2.07. The lowest BCUT2D eigenvalue weighted by atomic mass is 10.2. The van der Waals surface area contributed by atoms with Crippen LogP contribution in [0.3, 0.4) is 0 Å². The van der Waals surface area contributed by atoms with E-state index in [1.54, 1.807) is 0 Å². The van der Waals surface area contributed by atoms with Gasteiger partial charge in [0.05, 0.1) is 6.61 Å². The maximum absolute atomic E-state index is 5.19. The summed E-state index contributed by atoms with van der Waals surface area (Å²) >= 11 is 0. The molecule has 1 aromatic carbocycles. The molecule has 0 unspecified atom stereocenters. The Hall–Kier alpha value is -0.980. The minimum atomic E-state index is 0.492. The van der Waals surface area contributed by atoms with Crippen molar-refractivity contribution in [1.29, 1.82) is 0 Å². The van der Waals surface area contributed by atoms with Crippen molar-refractivity contribution in [3.8, 4) is 5.75 Å². The fraction of sp³-hybridized carbons (Fsp3) is 0.300. The summed E-state index contributed by atoms with van der Waals surface area (Å²) in [5.74, 6) is 0.900. The second kappa shape index (κ2) is 4.02. The van der Waals surface area contributed by atoms with Gasteiger partial charge in [-0.15, -0.1) is 0 Å². The molecule has 1 nitrogen and oxygen atoms in total. The van der Waals surface area contributed by atoms with Gasteiger partial charge in [0.15, 0.2) is 0 Å². The van der Waals surface area contributed by atoms with Crippen LogP contribution in [0, 0.1) is 6.92 Å². The first kappa shape index (κ1) is 8.12. The summed E-state index contributed by atoms with van der Waals surface area (Å²) in [4.78, 5) is 0. The molecule has 0 saturated carbocycles. The molecule has 0 aliphatic carbocycles. The Bertz CT molecular complexity index is 201. The van der Waals surface area contributed by atoms with Crippen LogP contribution in [0.1, 0.15) is 12.5 Å². The fourth-order valence-corrected chi connectivity index (χ4v) is 0.939. The molecule has 1 aromatic rings. The second-order valence-corrected chi connectivity index (χ2v) is 2.35. The summed E-state index contributed by atoms with van der Waals surface area (Å²) in [7, 11) is 0. The van der Waals surface area contributed by atoms with Crippen LogP contribution >= 0.6 is 0 Å². The first-order valence-corrected chi connectivity index (χ1v) is 3.87. The molecule has 0 aliphatic heterocycles. The molecule has 1 heteroatoms. The van der Waals surface area contributed by atoms with Crippen molar-refractivity contribution in [2.24, 2.45) is 0 Å². The molecule has 0 aliphatic rings. The Morgan fingerprint density at radius 2 is 1.91 bits per heavy atom. The van der Waals surface area contributed by atoms with E-state index in [9.17, 15) is 0 Å². The largest absolute Gasteiger partial charge is 0.494 e. The van der Waals surface area contributed by atoms with Crippen molar-refractivity contribution in [2.45, 2.75) is 13.3 Å². The van der Waals surface area contributed by atoms with Gasteiger partial charge in [0, 0.05) is 0 Å². The molecule has 59 valence electrons. The Kier molecular flexibility index (Phi) is 2.96. The van der Waals surface area contributed by atoms with E-state index < -0.39 is 0 Å². The van der Waals surface area contributed by atoms with Gasteiger partial charge in [-0.1, -0.05) is 19.1 Å². The van der Waals surface area contributed by atoms with Gasteiger partial charge < -0.3 is 4.74 Å². The van der Waals surface area contributed by atoms with E-state index >= 15 is 0 Å². The Morgan fingerprint density at radius 3 is 2.36 bits per heavy atom. The summed E-state index contributed by atoms with van der Waals surface area (Å²) in [6, 6.07) is 8.10. The quantitative estimate of drug-likeness (QED) is 0.641. The van der Waals surface area contributed by atoms with Crippen molar-refractivity contribution in [3.05, 3.63) is 36.8 Å². The van der Waals surface area contributed by atoms with Crippen molar-refractivity contribution in [2.75, 3.05) is 6.61 Å². The predicted molar refractivity (Wildman–Crippen MR) is 46.7 cm³/mol. The summed E-state index contributed by atoms with van der Waals surface area (Å²) in [5.41, 5.74) is 1.33. The lowest BCUT2D eigenvalue weighted by molar-refractivity contribution is 0.361. The summed E-state index contributed by atoms with van der Waals surface area (Å²) in [5, 5.41) is 0.